The molecule has 0 radical (unpaired) electrons. The molecule has 0 fully saturated rings. The molecule has 3 heteroatoms. The number of benzene rings is 2. The molecule has 1 N–H and O–H groups in total. The molecule has 0 aromatic heterocycles. The highest BCUT2D eigenvalue weighted by molar-refractivity contribution is 9.10. The first kappa shape index (κ1) is 13.9. The van der Waals surface area contributed by atoms with E-state index in [9.17, 15) is 0 Å². The molecular formula is C16H18BrNO. The Balaban J connectivity index is 1.82. The average Bonchev–Trinajstić information content (AvgIpc) is 2.39. The van der Waals surface area contributed by atoms with E-state index in [1.807, 2.05) is 18.2 Å². The highest BCUT2D eigenvalue weighted by Gasteiger charge is 1.99. The maximum atomic E-state index is 5.80. The van der Waals surface area contributed by atoms with Crippen molar-refractivity contribution in [3.05, 3.63) is 58.1 Å². The predicted octanol–water partition coefficient (Wildman–Crippen LogP) is 4.56. The van der Waals surface area contributed by atoms with Gasteiger partial charge in [-0.25, -0.2) is 0 Å². The topological polar surface area (TPSA) is 21.3 Å². The lowest BCUT2D eigenvalue weighted by molar-refractivity contribution is 0.330. The maximum Gasteiger partial charge on any atom is 0.122 e. The monoisotopic (exact) mass is 319 g/mol. The summed E-state index contributed by atoms with van der Waals surface area (Å²) in [7, 11) is 0. The molecule has 2 nitrogen and oxygen atoms in total. The summed E-state index contributed by atoms with van der Waals surface area (Å²) < 4.78 is 6.87. The number of nitrogens with one attached hydrogen (secondary N) is 1. The van der Waals surface area contributed by atoms with Crippen molar-refractivity contribution < 1.29 is 4.74 Å². The van der Waals surface area contributed by atoms with Gasteiger partial charge in [0, 0.05) is 16.7 Å². The van der Waals surface area contributed by atoms with Crippen molar-refractivity contribution in [2.24, 2.45) is 0 Å². The van der Waals surface area contributed by atoms with Crippen LogP contribution < -0.4 is 10.1 Å². The van der Waals surface area contributed by atoms with E-state index in [0.717, 1.165) is 22.5 Å². The second-order valence-electron chi connectivity index (χ2n) is 4.55. The minimum atomic E-state index is 0.650. The molecule has 2 aromatic carbocycles. The molecule has 0 spiro atoms. The normalized spacial score (nSPS) is 10.3. The average molecular weight is 320 g/mol. The van der Waals surface area contributed by atoms with Crippen LogP contribution in [0.4, 0.5) is 5.69 Å². The maximum absolute atomic E-state index is 5.80. The lowest BCUT2D eigenvalue weighted by Gasteiger charge is -2.11. The first-order chi connectivity index (χ1) is 9.15. The first-order valence-electron chi connectivity index (χ1n) is 6.34. The van der Waals surface area contributed by atoms with Gasteiger partial charge < -0.3 is 10.1 Å². The van der Waals surface area contributed by atoms with Crippen molar-refractivity contribution >= 4 is 21.6 Å². The molecule has 0 atom stereocenters. The van der Waals surface area contributed by atoms with Gasteiger partial charge in [0.1, 0.15) is 12.4 Å². The quantitative estimate of drug-likeness (QED) is 0.816. The van der Waals surface area contributed by atoms with Crippen molar-refractivity contribution in [3.8, 4) is 5.75 Å². The zero-order valence-electron chi connectivity index (χ0n) is 11.2. The third kappa shape index (κ3) is 4.28. The van der Waals surface area contributed by atoms with Crippen LogP contribution in [0, 0.1) is 13.8 Å². The van der Waals surface area contributed by atoms with Gasteiger partial charge in [-0.2, -0.15) is 0 Å². The highest BCUT2D eigenvalue weighted by Crippen LogP contribution is 2.19. The van der Waals surface area contributed by atoms with Crippen molar-refractivity contribution in [3.63, 3.8) is 0 Å². The molecule has 0 heterocycles. The number of aryl methyl sites for hydroxylation is 2. The molecule has 0 saturated heterocycles. The van der Waals surface area contributed by atoms with Crippen LogP contribution in [0.2, 0.25) is 0 Å². The number of hydrogen-bond donors (Lipinski definition) is 1. The van der Waals surface area contributed by atoms with E-state index in [4.69, 9.17) is 4.74 Å². The summed E-state index contributed by atoms with van der Waals surface area (Å²) in [4.78, 5) is 0. The minimum absolute atomic E-state index is 0.650. The van der Waals surface area contributed by atoms with E-state index in [-0.39, 0.29) is 0 Å². The number of ether oxygens (including phenoxy) is 1. The zero-order chi connectivity index (χ0) is 13.7. The van der Waals surface area contributed by atoms with Crippen molar-refractivity contribution in [1.82, 2.24) is 0 Å². The van der Waals surface area contributed by atoms with Gasteiger partial charge in [-0.05, 0) is 49.2 Å². The van der Waals surface area contributed by atoms with Crippen molar-refractivity contribution in [2.45, 2.75) is 13.8 Å². The standard InChI is InChI=1S/C16H18BrNO/c1-12-6-7-13(2)16(10-12)19-9-8-18-15-5-3-4-14(17)11-15/h3-7,10-11,18H,8-9H2,1-2H3. The highest BCUT2D eigenvalue weighted by atomic mass is 79.9. The summed E-state index contributed by atoms with van der Waals surface area (Å²) in [5, 5.41) is 3.33. The molecule has 0 aliphatic rings. The second-order valence-corrected chi connectivity index (χ2v) is 5.47. The molecular weight excluding hydrogens is 302 g/mol. The van der Waals surface area contributed by atoms with Crippen LogP contribution in [0.15, 0.2) is 46.9 Å². The van der Waals surface area contributed by atoms with Crippen LogP contribution >= 0.6 is 15.9 Å². The Morgan fingerprint density at radius 2 is 1.95 bits per heavy atom. The van der Waals surface area contributed by atoms with Gasteiger partial charge in [0.15, 0.2) is 0 Å². The van der Waals surface area contributed by atoms with Crippen LogP contribution in [0.5, 0.6) is 5.75 Å². The smallest absolute Gasteiger partial charge is 0.122 e. The molecule has 0 saturated carbocycles. The Labute approximate surface area is 122 Å². The summed E-state index contributed by atoms with van der Waals surface area (Å²) in [6.07, 6.45) is 0. The third-order valence-corrected chi connectivity index (χ3v) is 3.35. The van der Waals surface area contributed by atoms with Crippen LogP contribution in [0.3, 0.4) is 0 Å². The van der Waals surface area contributed by atoms with E-state index in [1.54, 1.807) is 0 Å². The summed E-state index contributed by atoms with van der Waals surface area (Å²) in [6.45, 7) is 5.57. The van der Waals surface area contributed by atoms with Crippen molar-refractivity contribution in [1.29, 1.82) is 0 Å². The fraction of sp³-hybridized carbons (Fsp3) is 0.250. The Morgan fingerprint density at radius 1 is 1.11 bits per heavy atom. The molecule has 0 bridgehead atoms. The molecule has 100 valence electrons. The van der Waals surface area contributed by atoms with Gasteiger partial charge in [-0.15, -0.1) is 0 Å². The number of anilines is 1. The summed E-state index contributed by atoms with van der Waals surface area (Å²) in [6, 6.07) is 14.4. The molecule has 0 aliphatic carbocycles. The Hall–Kier alpha value is -1.48. The Morgan fingerprint density at radius 3 is 2.74 bits per heavy atom. The van der Waals surface area contributed by atoms with Crippen LogP contribution in [-0.4, -0.2) is 13.2 Å². The van der Waals surface area contributed by atoms with Gasteiger partial charge in [-0.1, -0.05) is 34.1 Å². The lowest BCUT2D eigenvalue weighted by Crippen LogP contribution is -2.11. The summed E-state index contributed by atoms with van der Waals surface area (Å²) in [5.41, 5.74) is 3.49. The largest absolute Gasteiger partial charge is 0.491 e. The molecule has 2 aromatic rings. The summed E-state index contributed by atoms with van der Waals surface area (Å²) >= 11 is 3.45. The zero-order valence-corrected chi connectivity index (χ0v) is 12.8. The SMILES string of the molecule is Cc1ccc(C)c(OCCNc2cccc(Br)c2)c1. The first-order valence-corrected chi connectivity index (χ1v) is 7.14. The molecule has 0 unspecified atom stereocenters. The van der Waals surface area contributed by atoms with E-state index >= 15 is 0 Å². The van der Waals surface area contributed by atoms with Crippen molar-refractivity contribution in [2.75, 3.05) is 18.5 Å². The van der Waals surface area contributed by atoms with Gasteiger partial charge >= 0.3 is 0 Å². The fourth-order valence-electron chi connectivity index (χ4n) is 1.82. The Kier molecular flexibility index (Phi) is 4.86. The minimum Gasteiger partial charge on any atom is -0.491 e. The summed E-state index contributed by atoms with van der Waals surface area (Å²) in [5.74, 6) is 0.969. The molecule has 19 heavy (non-hydrogen) atoms. The van der Waals surface area contributed by atoms with Gasteiger partial charge in [-0.3, -0.25) is 0 Å². The van der Waals surface area contributed by atoms with Gasteiger partial charge in [0.25, 0.3) is 0 Å². The van der Waals surface area contributed by atoms with Gasteiger partial charge in [0.05, 0.1) is 0 Å². The van der Waals surface area contributed by atoms with E-state index in [0.29, 0.717) is 6.61 Å². The molecule has 2 rings (SSSR count). The Bertz CT molecular complexity index is 554. The number of hydrogen-bond acceptors (Lipinski definition) is 2. The van der Waals surface area contributed by atoms with Crippen LogP contribution in [0.25, 0.3) is 0 Å². The fourth-order valence-corrected chi connectivity index (χ4v) is 2.22. The second kappa shape index (κ2) is 6.62. The van der Waals surface area contributed by atoms with E-state index in [2.05, 4.69) is 59.4 Å². The predicted molar refractivity (Wildman–Crippen MR) is 84.0 cm³/mol. The van der Waals surface area contributed by atoms with Gasteiger partial charge in [0.2, 0.25) is 0 Å². The van der Waals surface area contributed by atoms with E-state index in [1.165, 1.54) is 11.1 Å². The number of halogens is 1. The lowest BCUT2D eigenvalue weighted by atomic mass is 10.1. The number of rotatable bonds is 5. The van der Waals surface area contributed by atoms with E-state index < -0.39 is 0 Å². The molecule has 0 amide bonds. The third-order valence-electron chi connectivity index (χ3n) is 2.86. The van der Waals surface area contributed by atoms with Crippen LogP contribution in [-0.2, 0) is 0 Å². The molecule has 0 aliphatic heterocycles. The van der Waals surface area contributed by atoms with Crippen LogP contribution in [0.1, 0.15) is 11.1 Å².